The van der Waals surface area contributed by atoms with Crippen molar-refractivity contribution in [1.29, 1.82) is 0 Å². The first-order valence-electron chi connectivity index (χ1n) is 10.5. The van der Waals surface area contributed by atoms with Crippen LogP contribution in [-0.2, 0) is 15.7 Å². The number of benzene rings is 1. The van der Waals surface area contributed by atoms with Gasteiger partial charge >= 0.3 is 6.18 Å². The maximum absolute atomic E-state index is 12.9. The molecule has 0 atom stereocenters. The number of fused-ring (bicyclic) bond motifs is 1. The molecule has 2 fully saturated rings. The third kappa shape index (κ3) is 4.49. The molecule has 4 heterocycles. The van der Waals surface area contributed by atoms with Crippen LogP contribution in [-0.4, -0.2) is 52.9 Å². The summed E-state index contributed by atoms with van der Waals surface area (Å²) in [7, 11) is 0. The van der Waals surface area contributed by atoms with Crippen molar-refractivity contribution in [3.63, 3.8) is 0 Å². The van der Waals surface area contributed by atoms with E-state index in [2.05, 4.69) is 9.97 Å². The number of likely N-dealkylation sites (tertiary alicyclic amines) is 1. The largest absolute Gasteiger partial charge is 0.439 e. The van der Waals surface area contributed by atoms with Gasteiger partial charge in [0.15, 0.2) is 5.79 Å². The second-order valence-corrected chi connectivity index (χ2v) is 7.94. The molecule has 1 aromatic carbocycles. The lowest BCUT2D eigenvalue weighted by Crippen LogP contribution is -2.47. The Labute approximate surface area is 187 Å². The molecule has 7 nitrogen and oxygen atoms in total. The van der Waals surface area contributed by atoms with Gasteiger partial charge in [-0.25, -0.2) is 9.97 Å². The van der Waals surface area contributed by atoms with Gasteiger partial charge in [-0.3, -0.25) is 4.79 Å². The fourth-order valence-corrected chi connectivity index (χ4v) is 4.01. The van der Waals surface area contributed by atoms with Crippen molar-refractivity contribution in [2.75, 3.05) is 26.3 Å². The van der Waals surface area contributed by atoms with Crippen LogP contribution >= 0.6 is 0 Å². The standard InChI is InChI=1S/C23H20F3N3O4/c24-23(25,26)16-2-6-20(27-14-16)33-17-3-5-18-15(13-17)1-4-19(28-18)21(30)29-9-7-22(8-10-29)31-11-12-32-22/h1-6,13-14H,7-12H2. The SMILES string of the molecule is O=C(c1ccc2cc(Oc3ccc(C(F)(F)F)cn3)ccc2n1)N1CCC2(CC1)OCCO2. The number of carbonyl (C=O) groups is 1. The van der Waals surface area contributed by atoms with Gasteiger partial charge < -0.3 is 19.1 Å². The van der Waals surface area contributed by atoms with Gasteiger partial charge in [0.2, 0.25) is 5.88 Å². The molecule has 10 heteroatoms. The first kappa shape index (κ1) is 21.6. The number of aromatic nitrogens is 2. The summed E-state index contributed by atoms with van der Waals surface area (Å²) >= 11 is 0. The Hall–Kier alpha value is -3.24. The minimum absolute atomic E-state index is 0.0419. The fourth-order valence-electron chi connectivity index (χ4n) is 4.01. The first-order chi connectivity index (χ1) is 15.8. The summed E-state index contributed by atoms with van der Waals surface area (Å²) < 4.78 is 55.0. The predicted molar refractivity (Wildman–Crippen MR) is 111 cm³/mol. The highest BCUT2D eigenvalue weighted by molar-refractivity contribution is 5.95. The number of amides is 1. The summed E-state index contributed by atoms with van der Waals surface area (Å²) in [4.78, 5) is 22.9. The maximum atomic E-state index is 12.9. The molecule has 2 saturated heterocycles. The van der Waals surface area contributed by atoms with E-state index in [4.69, 9.17) is 14.2 Å². The number of carbonyl (C=O) groups excluding carboxylic acids is 1. The Morgan fingerprint density at radius 1 is 1.03 bits per heavy atom. The number of halogens is 3. The summed E-state index contributed by atoms with van der Waals surface area (Å²) in [6, 6.07) is 10.5. The quantitative estimate of drug-likeness (QED) is 0.577. The lowest BCUT2D eigenvalue weighted by molar-refractivity contribution is -0.181. The monoisotopic (exact) mass is 459 g/mol. The zero-order valence-electron chi connectivity index (χ0n) is 17.5. The Balaban J connectivity index is 1.27. The summed E-state index contributed by atoms with van der Waals surface area (Å²) in [5.41, 5.74) is 0.0937. The third-order valence-corrected chi connectivity index (χ3v) is 5.79. The molecule has 5 rings (SSSR count). The molecule has 0 saturated carbocycles. The van der Waals surface area contributed by atoms with Crippen LogP contribution in [0, 0.1) is 0 Å². The molecule has 0 unspecified atom stereocenters. The number of nitrogens with zero attached hydrogens (tertiary/aromatic N) is 3. The van der Waals surface area contributed by atoms with Crippen molar-refractivity contribution in [2.24, 2.45) is 0 Å². The highest BCUT2D eigenvalue weighted by Crippen LogP contribution is 2.32. The molecule has 172 valence electrons. The van der Waals surface area contributed by atoms with Gasteiger partial charge in [-0.1, -0.05) is 6.07 Å². The number of piperidine rings is 1. The van der Waals surface area contributed by atoms with Crippen molar-refractivity contribution < 1.29 is 32.2 Å². The Bertz CT molecular complexity index is 1170. The fraction of sp³-hybridized carbons (Fsp3) is 0.348. The molecule has 0 N–H and O–H groups in total. The van der Waals surface area contributed by atoms with Crippen molar-refractivity contribution >= 4 is 16.8 Å². The van der Waals surface area contributed by atoms with E-state index in [9.17, 15) is 18.0 Å². The topological polar surface area (TPSA) is 73.8 Å². The summed E-state index contributed by atoms with van der Waals surface area (Å²) in [5, 5.41) is 0.723. The van der Waals surface area contributed by atoms with Gasteiger partial charge in [0.05, 0.1) is 24.3 Å². The molecule has 1 amide bonds. The van der Waals surface area contributed by atoms with Crippen molar-refractivity contribution in [2.45, 2.75) is 24.8 Å². The number of ether oxygens (including phenoxy) is 3. The van der Waals surface area contributed by atoms with Crippen LogP contribution in [0.5, 0.6) is 11.6 Å². The van der Waals surface area contributed by atoms with Gasteiger partial charge in [0, 0.05) is 43.6 Å². The molecular formula is C23H20F3N3O4. The van der Waals surface area contributed by atoms with E-state index in [1.807, 2.05) is 0 Å². The van der Waals surface area contributed by atoms with Gasteiger partial charge in [0.1, 0.15) is 11.4 Å². The van der Waals surface area contributed by atoms with E-state index >= 15 is 0 Å². The van der Waals surface area contributed by atoms with Gasteiger partial charge in [-0.05, 0) is 30.3 Å². The number of hydrogen-bond acceptors (Lipinski definition) is 6. The van der Waals surface area contributed by atoms with Gasteiger partial charge in [-0.2, -0.15) is 13.2 Å². The maximum Gasteiger partial charge on any atom is 0.417 e. The minimum Gasteiger partial charge on any atom is -0.439 e. The van der Waals surface area contributed by atoms with Gasteiger partial charge in [0.25, 0.3) is 5.91 Å². The smallest absolute Gasteiger partial charge is 0.417 e. The number of hydrogen-bond donors (Lipinski definition) is 0. The third-order valence-electron chi connectivity index (χ3n) is 5.79. The van der Waals surface area contributed by atoms with E-state index in [1.54, 1.807) is 35.2 Å². The average Bonchev–Trinajstić information content (AvgIpc) is 3.26. The molecule has 33 heavy (non-hydrogen) atoms. The molecule has 0 radical (unpaired) electrons. The molecule has 2 aliphatic heterocycles. The summed E-state index contributed by atoms with van der Waals surface area (Å²) in [6.07, 6.45) is -2.47. The Kier molecular flexibility index (Phi) is 5.41. The average molecular weight is 459 g/mol. The molecule has 2 aromatic heterocycles. The molecule has 3 aromatic rings. The van der Waals surface area contributed by atoms with Crippen LogP contribution in [0.4, 0.5) is 13.2 Å². The number of rotatable bonds is 3. The van der Waals surface area contributed by atoms with Crippen molar-refractivity contribution in [1.82, 2.24) is 14.9 Å². The highest BCUT2D eigenvalue weighted by Gasteiger charge is 2.41. The number of alkyl halides is 3. The van der Waals surface area contributed by atoms with E-state index < -0.39 is 17.5 Å². The van der Waals surface area contributed by atoms with Crippen LogP contribution in [0.1, 0.15) is 28.9 Å². The van der Waals surface area contributed by atoms with E-state index in [-0.39, 0.29) is 11.8 Å². The Morgan fingerprint density at radius 3 is 2.45 bits per heavy atom. The summed E-state index contributed by atoms with van der Waals surface area (Å²) in [5.74, 6) is -0.265. The number of pyridine rings is 2. The molecule has 0 bridgehead atoms. The lowest BCUT2D eigenvalue weighted by Gasteiger charge is -2.37. The second-order valence-electron chi connectivity index (χ2n) is 7.94. The van der Waals surface area contributed by atoms with E-state index in [0.717, 1.165) is 23.7 Å². The van der Waals surface area contributed by atoms with E-state index in [1.165, 1.54) is 0 Å². The second kappa shape index (κ2) is 8.27. The minimum atomic E-state index is -4.46. The molecule has 2 aliphatic rings. The van der Waals surface area contributed by atoms with Crippen molar-refractivity contribution in [3.8, 4) is 11.6 Å². The highest BCUT2D eigenvalue weighted by atomic mass is 19.4. The zero-order valence-corrected chi connectivity index (χ0v) is 17.5. The Morgan fingerprint density at radius 2 is 1.79 bits per heavy atom. The van der Waals surface area contributed by atoms with Crippen LogP contribution in [0.15, 0.2) is 48.7 Å². The van der Waals surface area contributed by atoms with Crippen molar-refractivity contribution in [3.05, 3.63) is 59.9 Å². The first-order valence-corrected chi connectivity index (χ1v) is 10.5. The van der Waals surface area contributed by atoms with Crippen LogP contribution in [0.3, 0.4) is 0 Å². The molecular weight excluding hydrogens is 439 g/mol. The lowest BCUT2D eigenvalue weighted by atomic mass is 10.0. The van der Waals surface area contributed by atoms with Crippen LogP contribution in [0.2, 0.25) is 0 Å². The van der Waals surface area contributed by atoms with Crippen LogP contribution in [0.25, 0.3) is 10.9 Å². The van der Waals surface area contributed by atoms with Gasteiger partial charge in [-0.15, -0.1) is 0 Å². The summed E-state index contributed by atoms with van der Waals surface area (Å²) in [6.45, 7) is 2.23. The normalized spacial score (nSPS) is 18.1. The predicted octanol–water partition coefficient (Wildman–Crippen LogP) is 4.42. The van der Waals surface area contributed by atoms with E-state index in [0.29, 0.717) is 56.1 Å². The molecule has 1 spiro atoms. The van der Waals surface area contributed by atoms with Crippen LogP contribution < -0.4 is 4.74 Å². The molecule has 0 aliphatic carbocycles. The zero-order chi connectivity index (χ0) is 23.1.